The summed E-state index contributed by atoms with van der Waals surface area (Å²) in [5.41, 5.74) is 4.35. The molecule has 0 unspecified atom stereocenters. The van der Waals surface area contributed by atoms with Crippen molar-refractivity contribution in [2.24, 2.45) is 0 Å². The molecule has 1 aliphatic heterocycles. The fourth-order valence-electron chi connectivity index (χ4n) is 3.96. The van der Waals surface area contributed by atoms with E-state index in [-0.39, 0.29) is 12.2 Å². The number of aliphatic hydroxyl groups excluding tert-OH is 1. The molecule has 8 heteroatoms. The first-order valence-corrected chi connectivity index (χ1v) is 10.1. The fourth-order valence-corrected chi connectivity index (χ4v) is 3.96. The molecule has 0 amide bonds. The number of benzene rings is 2. The SMILES string of the molecule is O=c1[nH]c2ccccc2c(NCCO)c1-c1nc2cc(N3CCOCC3)ccc2[nH]1. The Morgan fingerprint density at radius 1 is 1.10 bits per heavy atom. The van der Waals surface area contributed by atoms with Gasteiger partial charge in [0.05, 0.1) is 42.1 Å². The number of H-pyrrole nitrogens is 2. The second kappa shape index (κ2) is 7.81. The van der Waals surface area contributed by atoms with Gasteiger partial charge in [0.2, 0.25) is 0 Å². The molecule has 0 bridgehead atoms. The van der Waals surface area contributed by atoms with Gasteiger partial charge in [0, 0.05) is 30.7 Å². The lowest BCUT2D eigenvalue weighted by Gasteiger charge is -2.28. The summed E-state index contributed by atoms with van der Waals surface area (Å²) < 4.78 is 5.44. The number of aromatic amines is 2. The van der Waals surface area contributed by atoms with Crippen molar-refractivity contribution in [2.75, 3.05) is 49.7 Å². The van der Waals surface area contributed by atoms with E-state index in [1.165, 1.54) is 0 Å². The third kappa shape index (κ3) is 3.30. The lowest BCUT2D eigenvalue weighted by molar-refractivity contribution is 0.122. The summed E-state index contributed by atoms with van der Waals surface area (Å²) in [5, 5.41) is 13.4. The summed E-state index contributed by atoms with van der Waals surface area (Å²) in [6.45, 7) is 3.43. The minimum atomic E-state index is -0.235. The number of hydrogen-bond acceptors (Lipinski definition) is 6. The Bertz CT molecular complexity index is 1260. The van der Waals surface area contributed by atoms with Gasteiger partial charge in [-0.05, 0) is 24.3 Å². The summed E-state index contributed by atoms with van der Waals surface area (Å²) >= 11 is 0. The number of hydrogen-bond donors (Lipinski definition) is 4. The number of pyridine rings is 1. The molecule has 154 valence electrons. The number of anilines is 2. The first-order chi connectivity index (χ1) is 14.7. The van der Waals surface area contributed by atoms with Crippen LogP contribution in [0.1, 0.15) is 0 Å². The standard InChI is InChI=1S/C22H23N5O3/c28-10-7-23-20-15-3-1-2-4-16(15)26-22(29)19(20)21-24-17-6-5-14(13-18(17)25-21)27-8-11-30-12-9-27/h1-6,13,28H,7-12H2,(H,24,25)(H2,23,26,29). The monoisotopic (exact) mass is 405 g/mol. The summed E-state index contributed by atoms with van der Waals surface area (Å²) in [6.07, 6.45) is 0. The van der Waals surface area contributed by atoms with Crippen molar-refractivity contribution in [3.8, 4) is 11.4 Å². The molecule has 0 spiro atoms. The molecule has 1 saturated heterocycles. The van der Waals surface area contributed by atoms with E-state index in [1.807, 2.05) is 36.4 Å². The molecular formula is C22H23N5O3. The van der Waals surface area contributed by atoms with E-state index < -0.39 is 0 Å². The Kier molecular flexibility index (Phi) is 4.86. The lowest BCUT2D eigenvalue weighted by Crippen LogP contribution is -2.36. The second-order valence-electron chi connectivity index (χ2n) is 7.29. The maximum absolute atomic E-state index is 13.0. The van der Waals surface area contributed by atoms with E-state index >= 15 is 0 Å². The van der Waals surface area contributed by atoms with Crippen molar-refractivity contribution in [2.45, 2.75) is 0 Å². The first kappa shape index (κ1) is 18.7. The molecule has 0 aliphatic carbocycles. The maximum Gasteiger partial charge on any atom is 0.261 e. The average Bonchev–Trinajstić information content (AvgIpc) is 3.20. The predicted molar refractivity (Wildman–Crippen MR) is 118 cm³/mol. The van der Waals surface area contributed by atoms with Crippen LogP contribution in [-0.2, 0) is 4.74 Å². The van der Waals surface area contributed by atoms with Gasteiger partial charge in [0.25, 0.3) is 5.56 Å². The molecule has 1 aliphatic rings. The van der Waals surface area contributed by atoms with Crippen LogP contribution < -0.4 is 15.8 Å². The topological polar surface area (TPSA) is 106 Å². The number of aromatic nitrogens is 3. The number of rotatable bonds is 5. The maximum atomic E-state index is 13.0. The van der Waals surface area contributed by atoms with E-state index in [1.54, 1.807) is 0 Å². The van der Waals surface area contributed by atoms with Gasteiger partial charge < -0.3 is 30.0 Å². The van der Waals surface area contributed by atoms with Gasteiger partial charge in [0.1, 0.15) is 11.4 Å². The number of aliphatic hydroxyl groups is 1. The highest BCUT2D eigenvalue weighted by Gasteiger charge is 2.18. The Morgan fingerprint density at radius 2 is 1.93 bits per heavy atom. The van der Waals surface area contributed by atoms with Gasteiger partial charge in [-0.25, -0.2) is 4.98 Å². The minimum Gasteiger partial charge on any atom is -0.395 e. The van der Waals surface area contributed by atoms with Crippen molar-refractivity contribution in [1.29, 1.82) is 0 Å². The van der Waals surface area contributed by atoms with Crippen LogP contribution in [0.25, 0.3) is 33.3 Å². The number of fused-ring (bicyclic) bond motifs is 2. The van der Waals surface area contributed by atoms with Crippen molar-refractivity contribution in [1.82, 2.24) is 15.0 Å². The van der Waals surface area contributed by atoms with Crippen LogP contribution >= 0.6 is 0 Å². The molecule has 5 rings (SSSR count). The minimum absolute atomic E-state index is 0.0381. The van der Waals surface area contributed by atoms with Gasteiger partial charge in [0.15, 0.2) is 0 Å². The molecule has 2 aromatic heterocycles. The van der Waals surface area contributed by atoms with Crippen LogP contribution in [0.3, 0.4) is 0 Å². The highest BCUT2D eigenvalue weighted by molar-refractivity contribution is 5.99. The van der Waals surface area contributed by atoms with E-state index in [2.05, 4.69) is 26.3 Å². The molecule has 2 aromatic carbocycles. The number of nitrogens with one attached hydrogen (secondary N) is 3. The molecule has 0 saturated carbocycles. The van der Waals surface area contributed by atoms with Crippen LogP contribution in [0.15, 0.2) is 47.3 Å². The normalized spacial score (nSPS) is 14.5. The number of imidazole rings is 1. The third-order valence-electron chi connectivity index (χ3n) is 5.41. The Labute approximate surface area is 172 Å². The van der Waals surface area contributed by atoms with E-state index in [9.17, 15) is 9.90 Å². The Hall–Kier alpha value is -3.36. The van der Waals surface area contributed by atoms with Crippen LogP contribution in [-0.4, -0.2) is 59.5 Å². The Balaban J connectivity index is 1.64. The van der Waals surface area contributed by atoms with Crippen molar-refractivity contribution in [3.05, 3.63) is 52.8 Å². The highest BCUT2D eigenvalue weighted by Crippen LogP contribution is 2.31. The highest BCUT2D eigenvalue weighted by atomic mass is 16.5. The first-order valence-electron chi connectivity index (χ1n) is 10.1. The fraction of sp³-hybridized carbons (Fsp3) is 0.273. The number of morpholine rings is 1. The predicted octanol–water partition coefficient (Wildman–Crippen LogP) is 2.31. The van der Waals surface area contributed by atoms with Gasteiger partial charge in [-0.1, -0.05) is 18.2 Å². The van der Waals surface area contributed by atoms with Crippen molar-refractivity contribution in [3.63, 3.8) is 0 Å². The molecule has 8 nitrogen and oxygen atoms in total. The van der Waals surface area contributed by atoms with Crippen LogP contribution in [0.2, 0.25) is 0 Å². The van der Waals surface area contributed by atoms with Gasteiger partial charge in [-0.2, -0.15) is 0 Å². The summed E-state index contributed by atoms with van der Waals surface area (Å²) in [5.74, 6) is 0.497. The largest absolute Gasteiger partial charge is 0.395 e. The Morgan fingerprint density at radius 3 is 2.77 bits per heavy atom. The molecule has 0 radical (unpaired) electrons. The van der Waals surface area contributed by atoms with Gasteiger partial charge in [-0.3, -0.25) is 4.79 Å². The molecule has 3 heterocycles. The molecule has 4 aromatic rings. The molecule has 4 N–H and O–H groups in total. The molecular weight excluding hydrogens is 382 g/mol. The zero-order chi connectivity index (χ0) is 20.5. The third-order valence-corrected chi connectivity index (χ3v) is 5.41. The zero-order valence-corrected chi connectivity index (χ0v) is 16.4. The zero-order valence-electron chi connectivity index (χ0n) is 16.4. The summed E-state index contributed by atoms with van der Waals surface area (Å²) in [6, 6.07) is 13.7. The van der Waals surface area contributed by atoms with E-state index in [4.69, 9.17) is 9.72 Å². The molecule has 0 atom stereocenters. The quantitative estimate of drug-likeness (QED) is 0.406. The second-order valence-corrected chi connectivity index (χ2v) is 7.29. The van der Waals surface area contributed by atoms with Crippen LogP contribution in [0.4, 0.5) is 11.4 Å². The average molecular weight is 405 g/mol. The van der Waals surface area contributed by atoms with Crippen molar-refractivity contribution >= 4 is 33.3 Å². The molecule has 30 heavy (non-hydrogen) atoms. The van der Waals surface area contributed by atoms with Gasteiger partial charge in [-0.15, -0.1) is 0 Å². The number of nitrogens with zero attached hydrogens (tertiary/aromatic N) is 2. The number of para-hydroxylation sites is 1. The smallest absolute Gasteiger partial charge is 0.261 e. The number of ether oxygens (including phenoxy) is 1. The van der Waals surface area contributed by atoms with Gasteiger partial charge >= 0.3 is 0 Å². The molecule has 1 fully saturated rings. The van der Waals surface area contributed by atoms with E-state index in [0.29, 0.717) is 23.6 Å². The summed E-state index contributed by atoms with van der Waals surface area (Å²) in [4.78, 5) is 26.2. The summed E-state index contributed by atoms with van der Waals surface area (Å²) in [7, 11) is 0. The van der Waals surface area contributed by atoms with Crippen LogP contribution in [0, 0.1) is 0 Å². The van der Waals surface area contributed by atoms with Crippen LogP contribution in [0.5, 0.6) is 0 Å². The van der Waals surface area contributed by atoms with E-state index in [0.717, 1.165) is 53.9 Å². The lowest BCUT2D eigenvalue weighted by atomic mass is 10.1. The van der Waals surface area contributed by atoms with Crippen molar-refractivity contribution < 1.29 is 9.84 Å².